The Balaban J connectivity index is 1.97. The molecule has 2 rings (SSSR count). The molecule has 2 N–H and O–H groups in total. The van der Waals surface area contributed by atoms with Gasteiger partial charge < -0.3 is 10.5 Å². The summed E-state index contributed by atoms with van der Waals surface area (Å²) in [4.78, 5) is 6.66. The number of hydrogen-bond acceptors (Lipinski definition) is 4. The number of aromatic nitrogens is 1. The maximum Gasteiger partial charge on any atom is 0.0634 e. The number of pyridine rings is 1. The number of ether oxygens (including phenoxy) is 1. The van der Waals surface area contributed by atoms with Crippen molar-refractivity contribution in [3.63, 3.8) is 0 Å². The molecule has 1 aliphatic heterocycles. The maximum absolute atomic E-state index is 5.71. The predicted octanol–water partition coefficient (Wildman–Crippen LogP) is 0.241. The van der Waals surface area contributed by atoms with Crippen molar-refractivity contribution in [3.05, 3.63) is 30.1 Å². The van der Waals surface area contributed by atoms with Crippen LogP contribution in [-0.4, -0.2) is 42.2 Å². The van der Waals surface area contributed by atoms with Crippen molar-refractivity contribution >= 4 is 0 Å². The van der Waals surface area contributed by atoms with Crippen molar-refractivity contribution in [2.75, 3.05) is 26.3 Å². The van der Waals surface area contributed by atoms with E-state index in [4.69, 9.17) is 10.5 Å². The lowest BCUT2D eigenvalue weighted by Crippen LogP contribution is -2.48. The van der Waals surface area contributed by atoms with Crippen molar-refractivity contribution < 1.29 is 4.74 Å². The van der Waals surface area contributed by atoms with Gasteiger partial charge in [0.15, 0.2) is 0 Å². The van der Waals surface area contributed by atoms with Crippen molar-refractivity contribution in [1.82, 2.24) is 9.88 Å². The molecule has 0 spiro atoms. The molecular formula is C11H17N3O. The van der Waals surface area contributed by atoms with Crippen molar-refractivity contribution in [1.29, 1.82) is 0 Å². The van der Waals surface area contributed by atoms with Gasteiger partial charge in [-0.25, -0.2) is 0 Å². The first-order chi connectivity index (χ1) is 7.40. The zero-order valence-corrected chi connectivity index (χ0v) is 8.80. The van der Waals surface area contributed by atoms with Crippen LogP contribution in [-0.2, 0) is 11.3 Å². The summed E-state index contributed by atoms with van der Waals surface area (Å²) in [7, 11) is 0. The third-order valence-electron chi connectivity index (χ3n) is 2.71. The van der Waals surface area contributed by atoms with E-state index >= 15 is 0 Å². The second kappa shape index (κ2) is 5.21. The molecule has 1 aromatic rings. The van der Waals surface area contributed by atoms with Gasteiger partial charge in [-0.1, -0.05) is 6.07 Å². The largest absolute Gasteiger partial charge is 0.378 e. The summed E-state index contributed by atoms with van der Waals surface area (Å²) >= 11 is 0. The Bertz CT molecular complexity index is 291. The van der Waals surface area contributed by atoms with Crippen molar-refractivity contribution in [3.8, 4) is 0 Å². The van der Waals surface area contributed by atoms with Crippen molar-refractivity contribution in [2.24, 2.45) is 5.73 Å². The van der Waals surface area contributed by atoms with Crippen LogP contribution in [0.25, 0.3) is 0 Å². The summed E-state index contributed by atoms with van der Waals surface area (Å²) in [6.45, 7) is 3.99. The van der Waals surface area contributed by atoms with Gasteiger partial charge >= 0.3 is 0 Å². The van der Waals surface area contributed by atoms with Crippen LogP contribution in [0.2, 0.25) is 0 Å². The fourth-order valence-corrected chi connectivity index (χ4v) is 1.81. The van der Waals surface area contributed by atoms with Gasteiger partial charge in [0.05, 0.1) is 18.9 Å². The molecule has 1 saturated heterocycles. The third kappa shape index (κ3) is 2.75. The highest BCUT2D eigenvalue weighted by molar-refractivity contribution is 5.03. The average molecular weight is 207 g/mol. The number of nitrogens with zero attached hydrogens (tertiary/aromatic N) is 2. The normalized spacial score (nSPS) is 22.9. The summed E-state index contributed by atoms with van der Waals surface area (Å²) in [5.74, 6) is 0. The Morgan fingerprint density at radius 3 is 3.20 bits per heavy atom. The van der Waals surface area contributed by atoms with Gasteiger partial charge in [0, 0.05) is 31.9 Å². The van der Waals surface area contributed by atoms with E-state index in [1.807, 2.05) is 24.4 Å². The number of nitrogens with two attached hydrogens (primary N) is 1. The fourth-order valence-electron chi connectivity index (χ4n) is 1.81. The van der Waals surface area contributed by atoms with Gasteiger partial charge in [0.2, 0.25) is 0 Å². The number of morpholine rings is 1. The summed E-state index contributed by atoms with van der Waals surface area (Å²) in [5.41, 5.74) is 6.80. The van der Waals surface area contributed by atoms with E-state index in [9.17, 15) is 0 Å². The Morgan fingerprint density at radius 1 is 1.53 bits per heavy atom. The molecule has 1 atom stereocenters. The van der Waals surface area contributed by atoms with Gasteiger partial charge in [0.1, 0.15) is 0 Å². The maximum atomic E-state index is 5.71. The second-order valence-electron chi connectivity index (χ2n) is 3.76. The molecule has 4 nitrogen and oxygen atoms in total. The second-order valence-corrected chi connectivity index (χ2v) is 3.76. The fraction of sp³-hybridized carbons (Fsp3) is 0.545. The minimum atomic E-state index is 0.334. The molecule has 82 valence electrons. The lowest BCUT2D eigenvalue weighted by Gasteiger charge is -2.34. The van der Waals surface area contributed by atoms with Crippen LogP contribution >= 0.6 is 0 Å². The highest BCUT2D eigenvalue weighted by Crippen LogP contribution is 2.09. The molecule has 1 unspecified atom stereocenters. The molecule has 0 radical (unpaired) electrons. The summed E-state index contributed by atoms with van der Waals surface area (Å²) < 4.78 is 5.40. The van der Waals surface area contributed by atoms with Gasteiger partial charge in [-0.3, -0.25) is 9.88 Å². The molecule has 0 saturated carbocycles. The van der Waals surface area contributed by atoms with Gasteiger partial charge in [-0.2, -0.15) is 0 Å². The van der Waals surface area contributed by atoms with Crippen LogP contribution in [0.15, 0.2) is 24.4 Å². The van der Waals surface area contributed by atoms with E-state index in [1.165, 1.54) is 0 Å². The van der Waals surface area contributed by atoms with Crippen LogP contribution in [0.4, 0.5) is 0 Å². The first kappa shape index (κ1) is 10.5. The van der Waals surface area contributed by atoms with E-state index in [-0.39, 0.29) is 0 Å². The summed E-state index contributed by atoms with van der Waals surface area (Å²) in [5, 5.41) is 0. The molecule has 1 fully saturated rings. The minimum absolute atomic E-state index is 0.334. The minimum Gasteiger partial charge on any atom is -0.378 e. The Labute approximate surface area is 90.0 Å². The van der Waals surface area contributed by atoms with Crippen molar-refractivity contribution in [2.45, 2.75) is 12.6 Å². The highest BCUT2D eigenvalue weighted by Gasteiger charge is 2.21. The Kier molecular flexibility index (Phi) is 3.66. The van der Waals surface area contributed by atoms with Crippen LogP contribution in [0.1, 0.15) is 5.69 Å². The van der Waals surface area contributed by atoms with Crippen LogP contribution < -0.4 is 5.73 Å². The monoisotopic (exact) mass is 207 g/mol. The molecule has 0 aliphatic carbocycles. The molecule has 1 aromatic heterocycles. The van der Waals surface area contributed by atoms with Gasteiger partial charge in [0.25, 0.3) is 0 Å². The summed E-state index contributed by atoms with van der Waals surface area (Å²) in [6.07, 6.45) is 1.83. The van der Waals surface area contributed by atoms with Gasteiger partial charge in [-0.05, 0) is 12.1 Å². The van der Waals surface area contributed by atoms with E-state index in [0.29, 0.717) is 12.6 Å². The zero-order valence-electron chi connectivity index (χ0n) is 8.80. The van der Waals surface area contributed by atoms with Crippen LogP contribution in [0.3, 0.4) is 0 Å². The summed E-state index contributed by atoms with van der Waals surface area (Å²) in [6, 6.07) is 6.33. The first-order valence-electron chi connectivity index (χ1n) is 5.32. The van der Waals surface area contributed by atoms with E-state index in [2.05, 4.69) is 9.88 Å². The average Bonchev–Trinajstić information content (AvgIpc) is 2.31. The number of rotatable bonds is 3. The standard InChI is InChI=1S/C11H17N3O/c12-7-11-9-15-6-5-14(11)8-10-3-1-2-4-13-10/h1-4,11H,5-9,12H2. The predicted molar refractivity (Wildman–Crippen MR) is 58.3 cm³/mol. The lowest BCUT2D eigenvalue weighted by atomic mass is 10.2. The Hall–Kier alpha value is -0.970. The molecule has 0 amide bonds. The molecule has 2 heterocycles. The SMILES string of the molecule is NCC1COCCN1Cc1ccccn1. The smallest absolute Gasteiger partial charge is 0.0634 e. The molecule has 0 bridgehead atoms. The van der Waals surface area contributed by atoms with E-state index < -0.39 is 0 Å². The zero-order chi connectivity index (χ0) is 10.5. The van der Waals surface area contributed by atoms with Crippen LogP contribution in [0, 0.1) is 0 Å². The van der Waals surface area contributed by atoms with E-state index in [1.54, 1.807) is 0 Å². The van der Waals surface area contributed by atoms with Crippen LogP contribution in [0.5, 0.6) is 0 Å². The molecule has 4 heteroatoms. The molecule has 15 heavy (non-hydrogen) atoms. The number of hydrogen-bond donors (Lipinski definition) is 1. The molecule has 0 aromatic carbocycles. The third-order valence-corrected chi connectivity index (χ3v) is 2.71. The first-order valence-corrected chi connectivity index (χ1v) is 5.32. The highest BCUT2D eigenvalue weighted by atomic mass is 16.5. The molecule has 1 aliphatic rings. The van der Waals surface area contributed by atoms with E-state index in [0.717, 1.165) is 32.0 Å². The quantitative estimate of drug-likeness (QED) is 0.771. The topological polar surface area (TPSA) is 51.4 Å². The van der Waals surface area contributed by atoms with Gasteiger partial charge in [-0.15, -0.1) is 0 Å². The molecular weight excluding hydrogens is 190 g/mol. The lowest BCUT2D eigenvalue weighted by molar-refractivity contribution is -0.00845. The Morgan fingerprint density at radius 2 is 2.47 bits per heavy atom.